The molecule has 1 atom stereocenters. The van der Waals surface area contributed by atoms with Crippen molar-refractivity contribution in [1.82, 2.24) is 10.2 Å². The third kappa shape index (κ3) is 8.64. The molecule has 9 heteroatoms. The Morgan fingerprint density at radius 2 is 1.62 bits per heavy atom. The van der Waals surface area contributed by atoms with Crippen LogP contribution in [0.4, 0.5) is 10.1 Å². The second-order valence-electron chi connectivity index (χ2n) is 9.98. The molecule has 0 aliphatic carbocycles. The topological polar surface area (TPSA) is 86.8 Å². The molecule has 0 heterocycles. The van der Waals surface area contributed by atoms with Crippen molar-refractivity contribution in [1.29, 1.82) is 0 Å². The van der Waals surface area contributed by atoms with Gasteiger partial charge in [-0.2, -0.15) is 0 Å². The largest absolute Gasteiger partial charge is 0.355 e. The molecule has 40 heavy (non-hydrogen) atoms. The number of carbonyl (C=O) groups excluding carboxylic acids is 2. The minimum atomic E-state index is -3.60. The Morgan fingerprint density at radius 1 is 0.950 bits per heavy atom. The smallest absolute Gasteiger partial charge is 0.243 e. The molecular weight excluding hydrogens is 529 g/mol. The van der Waals surface area contributed by atoms with Gasteiger partial charge in [-0.15, -0.1) is 0 Å². The molecule has 0 radical (unpaired) electrons. The van der Waals surface area contributed by atoms with Crippen LogP contribution in [0.5, 0.6) is 0 Å². The lowest BCUT2D eigenvalue weighted by Gasteiger charge is -2.32. The predicted molar refractivity (Wildman–Crippen MR) is 157 cm³/mol. The van der Waals surface area contributed by atoms with E-state index in [1.165, 1.54) is 21.3 Å². The van der Waals surface area contributed by atoms with E-state index in [0.717, 1.165) is 22.9 Å². The number of halogens is 1. The molecule has 0 aliphatic rings. The number of likely N-dealkylation sites (N-methyl/N-ethyl adjacent to an activating group) is 1. The molecule has 0 spiro atoms. The highest BCUT2D eigenvalue weighted by Gasteiger charge is 2.30. The van der Waals surface area contributed by atoms with Gasteiger partial charge in [-0.25, -0.2) is 12.8 Å². The van der Waals surface area contributed by atoms with Crippen LogP contribution < -0.4 is 9.62 Å². The molecule has 0 bridgehead atoms. The second-order valence-corrected chi connectivity index (χ2v) is 11.9. The first kappa shape index (κ1) is 30.8. The first-order valence-electron chi connectivity index (χ1n) is 13.4. The Hall–Kier alpha value is -3.72. The summed E-state index contributed by atoms with van der Waals surface area (Å²) in [6.45, 7) is 6.19. The van der Waals surface area contributed by atoms with E-state index in [0.29, 0.717) is 24.2 Å². The lowest BCUT2D eigenvalue weighted by molar-refractivity contribution is -0.141. The predicted octanol–water partition coefficient (Wildman–Crippen LogP) is 4.76. The molecule has 3 aromatic rings. The van der Waals surface area contributed by atoms with Crippen LogP contribution in [-0.2, 0) is 32.6 Å². The summed E-state index contributed by atoms with van der Waals surface area (Å²) < 4.78 is 40.3. The van der Waals surface area contributed by atoms with E-state index in [2.05, 4.69) is 5.32 Å². The lowest BCUT2D eigenvalue weighted by atomic mass is 10.0. The second kappa shape index (κ2) is 14.1. The number of hydrogen-bond donors (Lipinski definition) is 1. The fourth-order valence-corrected chi connectivity index (χ4v) is 5.62. The molecule has 3 aromatic carbocycles. The number of hydrogen-bond acceptors (Lipinski definition) is 4. The standard InChI is InChI=1S/C31H38FN3O4S/c1-5-33-31(37)29(21-25-10-7-6-8-11-25)34(22-26-15-17-27(32)18-16-26)30(36)12-9-19-35(40(4,38)39)28-20-23(2)13-14-24(28)3/h6-8,10-11,13-18,20,29H,5,9,12,19,21-22H2,1-4H3,(H,33,37). The van der Waals surface area contributed by atoms with Crippen LogP contribution in [0.15, 0.2) is 72.8 Å². The van der Waals surface area contributed by atoms with E-state index < -0.39 is 21.9 Å². The van der Waals surface area contributed by atoms with Crippen molar-refractivity contribution in [3.8, 4) is 0 Å². The van der Waals surface area contributed by atoms with Crippen LogP contribution in [0.25, 0.3) is 0 Å². The fraction of sp³-hybridized carbons (Fsp3) is 0.355. The first-order chi connectivity index (χ1) is 19.0. The summed E-state index contributed by atoms with van der Waals surface area (Å²) in [6.07, 6.45) is 1.75. The van der Waals surface area contributed by atoms with Crippen molar-refractivity contribution < 1.29 is 22.4 Å². The number of sulfonamides is 1. The van der Waals surface area contributed by atoms with Crippen molar-refractivity contribution >= 4 is 27.5 Å². The van der Waals surface area contributed by atoms with E-state index in [1.54, 1.807) is 12.1 Å². The molecule has 214 valence electrons. The van der Waals surface area contributed by atoms with Crippen molar-refractivity contribution in [2.75, 3.05) is 23.7 Å². The Labute approximate surface area is 237 Å². The lowest BCUT2D eigenvalue weighted by Crippen LogP contribution is -2.50. The Kier molecular flexibility index (Phi) is 10.8. The monoisotopic (exact) mass is 567 g/mol. The number of nitrogens with one attached hydrogen (secondary N) is 1. The van der Waals surface area contributed by atoms with Gasteiger partial charge in [0.15, 0.2) is 0 Å². The molecule has 7 nitrogen and oxygen atoms in total. The van der Waals surface area contributed by atoms with Gasteiger partial charge in [0.1, 0.15) is 11.9 Å². The van der Waals surface area contributed by atoms with Crippen LogP contribution in [0.3, 0.4) is 0 Å². The zero-order valence-corrected chi connectivity index (χ0v) is 24.4. The Morgan fingerprint density at radius 3 is 2.25 bits per heavy atom. The van der Waals surface area contributed by atoms with Crippen molar-refractivity contribution in [3.05, 3.63) is 101 Å². The van der Waals surface area contributed by atoms with Gasteiger partial charge in [-0.1, -0.05) is 54.6 Å². The van der Waals surface area contributed by atoms with Gasteiger partial charge < -0.3 is 10.2 Å². The van der Waals surface area contributed by atoms with Crippen LogP contribution in [0.1, 0.15) is 42.0 Å². The van der Waals surface area contributed by atoms with Gasteiger partial charge in [0, 0.05) is 32.5 Å². The van der Waals surface area contributed by atoms with Crippen LogP contribution in [-0.4, -0.2) is 50.5 Å². The molecule has 0 saturated heterocycles. The van der Waals surface area contributed by atoms with Crippen LogP contribution in [0.2, 0.25) is 0 Å². The highest BCUT2D eigenvalue weighted by atomic mass is 32.2. The van der Waals surface area contributed by atoms with E-state index in [1.807, 2.05) is 69.3 Å². The summed E-state index contributed by atoms with van der Waals surface area (Å²) in [4.78, 5) is 28.5. The average Bonchev–Trinajstić information content (AvgIpc) is 2.91. The summed E-state index contributed by atoms with van der Waals surface area (Å²) in [5, 5.41) is 2.84. The zero-order valence-electron chi connectivity index (χ0n) is 23.6. The summed E-state index contributed by atoms with van der Waals surface area (Å²) in [6, 6.07) is 20.1. The van der Waals surface area contributed by atoms with E-state index in [9.17, 15) is 22.4 Å². The quantitative estimate of drug-likeness (QED) is 0.323. The average molecular weight is 568 g/mol. The Bertz CT molecular complexity index is 1400. The third-order valence-electron chi connectivity index (χ3n) is 6.67. The fourth-order valence-electron chi connectivity index (χ4n) is 4.60. The summed E-state index contributed by atoms with van der Waals surface area (Å²) in [7, 11) is -3.60. The van der Waals surface area contributed by atoms with Gasteiger partial charge in [-0.05, 0) is 67.6 Å². The number of nitrogens with zero attached hydrogens (tertiary/aromatic N) is 2. The molecule has 0 saturated carbocycles. The van der Waals surface area contributed by atoms with Crippen LogP contribution in [0, 0.1) is 19.7 Å². The molecule has 1 N–H and O–H groups in total. The molecule has 1 unspecified atom stereocenters. The summed E-state index contributed by atoms with van der Waals surface area (Å²) in [5.74, 6) is -0.959. The maximum atomic E-state index is 13.7. The Balaban J connectivity index is 1.87. The van der Waals surface area contributed by atoms with Gasteiger partial charge in [0.05, 0.1) is 11.9 Å². The highest BCUT2D eigenvalue weighted by molar-refractivity contribution is 7.92. The van der Waals surface area contributed by atoms with E-state index in [-0.39, 0.29) is 37.7 Å². The number of carbonyl (C=O) groups is 2. The van der Waals surface area contributed by atoms with E-state index >= 15 is 0 Å². The van der Waals surface area contributed by atoms with Crippen molar-refractivity contribution in [2.45, 2.75) is 52.6 Å². The number of rotatable bonds is 13. The molecule has 0 fully saturated rings. The number of benzene rings is 3. The van der Waals surface area contributed by atoms with Gasteiger partial charge in [0.2, 0.25) is 21.8 Å². The number of amides is 2. The number of aryl methyl sites for hydroxylation is 2. The van der Waals surface area contributed by atoms with Gasteiger partial charge in [0.25, 0.3) is 0 Å². The zero-order chi connectivity index (χ0) is 29.3. The summed E-state index contributed by atoms with van der Waals surface area (Å²) >= 11 is 0. The molecular formula is C31H38FN3O4S. The minimum Gasteiger partial charge on any atom is -0.355 e. The normalized spacial score (nSPS) is 12.0. The summed E-state index contributed by atoms with van der Waals surface area (Å²) in [5.41, 5.74) is 3.92. The highest BCUT2D eigenvalue weighted by Crippen LogP contribution is 2.25. The van der Waals surface area contributed by atoms with Crippen molar-refractivity contribution in [3.63, 3.8) is 0 Å². The minimum absolute atomic E-state index is 0.0305. The molecule has 2 amide bonds. The maximum Gasteiger partial charge on any atom is 0.243 e. The third-order valence-corrected chi connectivity index (χ3v) is 7.85. The van der Waals surface area contributed by atoms with Gasteiger partial charge in [-0.3, -0.25) is 13.9 Å². The number of anilines is 1. The molecule has 3 rings (SSSR count). The molecule has 0 aromatic heterocycles. The van der Waals surface area contributed by atoms with Crippen molar-refractivity contribution in [2.24, 2.45) is 0 Å². The maximum absolute atomic E-state index is 13.7. The SMILES string of the molecule is CCNC(=O)C(Cc1ccccc1)N(Cc1ccc(F)cc1)C(=O)CCCN(c1cc(C)ccc1C)S(C)(=O)=O. The van der Waals surface area contributed by atoms with Gasteiger partial charge >= 0.3 is 0 Å². The molecule has 0 aliphatic heterocycles. The first-order valence-corrected chi connectivity index (χ1v) is 15.2. The van der Waals surface area contributed by atoms with E-state index in [4.69, 9.17) is 0 Å². The van der Waals surface area contributed by atoms with Crippen LogP contribution >= 0.6 is 0 Å².